The molecule has 0 bridgehead atoms. The van der Waals surface area contributed by atoms with Crippen molar-refractivity contribution in [1.82, 2.24) is 0 Å². The zero-order chi connectivity index (χ0) is 15.5. The monoisotopic (exact) mass is 281 g/mol. The molecule has 0 saturated heterocycles. The minimum Gasteiger partial charge on any atom is -0.323 e. The second kappa shape index (κ2) is 6.44. The standard InChI is InChI=1S/C20H27N/c1-5-18(15-9-7-6-8-10-15)19(21)16-11-13-17(14-12-16)20(2,3)4/h6-14,18-19H,5,21H2,1-4H3. The van der Waals surface area contributed by atoms with E-state index in [9.17, 15) is 0 Å². The summed E-state index contributed by atoms with van der Waals surface area (Å²) in [4.78, 5) is 0. The van der Waals surface area contributed by atoms with Crippen LogP contribution in [0.15, 0.2) is 54.6 Å². The topological polar surface area (TPSA) is 26.0 Å². The molecule has 2 unspecified atom stereocenters. The highest BCUT2D eigenvalue weighted by Gasteiger charge is 2.20. The van der Waals surface area contributed by atoms with Gasteiger partial charge in [-0.05, 0) is 28.5 Å². The maximum Gasteiger partial charge on any atom is 0.0364 e. The fraction of sp³-hybridized carbons (Fsp3) is 0.400. The van der Waals surface area contributed by atoms with Gasteiger partial charge in [-0.15, -0.1) is 0 Å². The normalized spacial score (nSPS) is 14.7. The molecule has 2 aromatic rings. The van der Waals surface area contributed by atoms with Gasteiger partial charge in [-0.25, -0.2) is 0 Å². The second-order valence-corrected chi connectivity index (χ2v) is 6.82. The molecule has 0 aromatic heterocycles. The smallest absolute Gasteiger partial charge is 0.0364 e. The molecule has 2 atom stereocenters. The van der Waals surface area contributed by atoms with Gasteiger partial charge in [-0.3, -0.25) is 0 Å². The molecule has 112 valence electrons. The summed E-state index contributed by atoms with van der Waals surface area (Å²) in [6.45, 7) is 8.92. The number of hydrogen-bond donors (Lipinski definition) is 1. The van der Waals surface area contributed by atoms with E-state index in [1.807, 2.05) is 0 Å². The van der Waals surface area contributed by atoms with Gasteiger partial charge in [0.2, 0.25) is 0 Å². The third-order valence-electron chi connectivity index (χ3n) is 4.26. The Hall–Kier alpha value is -1.60. The second-order valence-electron chi connectivity index (χ2n) is 6.82. The zero-order valence-corrected chi connectivity index (χ0v) is 13.6. The lowest BCUT2D eigenvalue weighted by Gasteiger charge is -2.25. The van der Waals surface area contributed by atoms with E-state index in [1.165, 1.54) is 16.7 Å². The Morgan fingerprint density at radius 2 is 1.43 bits per heavy atom. The number of nitrogens with two attached hydrogens (primary N) is 1. The van der Waals surface area contributed by atoms with Crippen molar-refractivity contribution in [2.75, 3.05) is 0 Å². The summed E-state index contributed by atoms with van der Waals surface area (Å²) in [5.41, 5.74) is 10.6. The third-order valence-corrected chi connectivity index (χ3v) is 4.26. The first-order chi connectivity index (χ1) is 9.93. The Morgan fingerprint density at radius 3 is 1.90 bits per heavy atom. The number of benzene rings is 2. The van der Waals surface area contributed by atoms with Crippen molar-refractivity contribution >= 4 is 0 Å². The van der Waals surface area contributed by atoms with Crippen LogP contribution in [0.25, 0.3) is 0 Å². The highest BCUT2D eigenvalue weighted by atomic mass is 14.7. The molecule has 0 amide bonds. The van der Waals surface area contributed by atoms with Crippen molar-refractivity contribution in [3.05, 3.63) is 71.3 Å². The molecule has 0 saturated carbocycles. The molecule has 0 spiro atoms. The number of rotatable bonds is 4. The van der Waals surface area contributed by atoms with Crippen molar-refractivity contribution in [3.8, 4) is 0 Å². The van der Waals surface area contributed by atoms with Crippen LogP contribution >= 0.6 is 0 Å². The van der Waals surface area contributed by atoms with Crippen LogP contribution in [-0.2, 0) is 5.41 Å². The summed E-state index contributed by atoms with van der Waals surface area (Å²) in [7, 11) is 0. The van der Waals surface area contributed by atoms with Crippen molar-refractivity contribution in [2.45, 2.75) is 51.5 Å². The Morgan fingerprint density at radius 1 is 0.857 bits per heavy atom. The van der Waals surface area contributed by atoms with E-state index in [0.29, 0.717) is 5.92 Å². The van der Waals surface area contributed by atoms with E-state index in [0.717, 1.165) is 6.42 Å². The Labute approximate surface area is 129 Å². The first-order valence-electron chi connectivity index (χ1n) is 7.84. The van der Waals surface area contributed by atoms with Crippen LogP contribution in [0.3, 0.4) is 0 Å². The fourth-order valence-electron chi connectivity index (χ4n) is 2.83. The van der Waals surface area contributed by atoms with Gasteiger partial charge in [0, 0.05) is 12.0 Å². The van der Waals surface area contributed by atoms with Crippen molar-refractivity contribution in [1.29, 1.82) is 0 Å². The van der Waals surface area contributed by atoms with Crippen LogP contribution in [-0.4, -0.2) is 0 Å². The van der Waals surface area contributed by atoms with Gasteiger partial charge in [0.05, 0.1) is 0 Å². The molecule has 0 aliphatic carbocycles. The van der Waals surface area contributed by atoms with Crippen LogP contribution < -0.4 is 5.73 Å². The van der Waals surface area contributed by atoms with Gasteiger partial charge in [0.15, 0.2) is 0 Å². The predicted molar refractivity (Wildman–Crippen MR) is 91.5 cm³/mol. The van der Waals surface area contributed by atoms with Gasteiger partial charge in [0.25, 0.3) is 0 Å². The maximum atomic E-state index is 6.54. The lowest BCUT2D eigenvalue weighted by atomic mass is 9.83. The molecule has 21 heavy (non-hydrogen) atoms. The van der Waals surface area contributed by atoms with Crippen LogP contribution in [0.4, 0.5) is 0 Å². The van der Waals surface area contributed by atoms with E-state index in [2.05, 4.69) is 82.3 Å². The molecular weight excluding hydrogens is 254 g/mol. The summed E-state index contributed by atoms with van der Waals surface area (Å²) in [5, 5.41) is 0. The van der Waals surface area contributed by atoms with Gasteiger partial charge < -0.3 is 5.73 Å². The first kappa shape index (κ1) is 15.8. The highest BCUT2D eigenvalue weighted by molar-refractivity contribution is 5.32. The molecule has 0 fully saturated rings. The average Bonchev–Trinajstić information content (AvgIpc) is 2.48. The molecule has 2 aromatic carbocycles. The molecule has 0 aliphatic heterocycles. The fourth-order valence-corrected chi connectivity index (χ4v) is 2.83. The SMILES string of the molecule is CCC(c1ccccc1)C(N)c1ccc(C(C)(C)C)cc1. The quantitative estimate of drug-likeness (QED) is 0.821. The van der Waals surface area contributed by atoms with Crippen LogP contribution in [0.2, 0.25) is 0 Å². The Bertz CT molecular complexity index is 549. The molecule has 0 radical (unpaired) electrons. The summed E-state index contributed by atoms with van der Waals surface area (Å²) >= 11 is 0. The lowest BCUT2D eigenvalue weighted by molar-refractivity contribution is 0.537. The van der Waals surface area contributed by atoms with Crippen LogP contribution in [0.5, 0.6) is 0 Å². The number of hydrogen-bond acceptors (Lipinski definition) is 1. The molecule has 1 heteroatoms. The Kier molecular flexibility index (Phi) is 4.84. The average molecular weight is 281 g/mol. The zero-order valence-electron chi connectivity index (χ0n) is 13.6. The molecule has 1 nitrogen and oxygen atoms in total. The van der Waals surface area contributed by atoms with Crippen molar-refractivity contribution < 1.29 is 0 Å². The summed E-state index contributed by atoms with van der Waals surface area (Å²) in [6.07, 6.45) is 1.05. The first-order valence-corrected chi connectivity index (χ1v) is 7.84. The molecule has 0 heterocycles. The van der Waals surface area contributed by atoms with Crippen LogP contribution in [0, 0.1) is 0 Å². The maximum absolute atomic E-state index is 6.54. The van der Waals surface area contributed by atoms with Gasteiger partial charge in [-0.2, -0.15) is 0 Å². The summed E-state index contributed by atoms with van der Waals surface area (Å²) in [5.74, 6) is 0.367. The minimum atomic E-state index is 0.0476. The molecule has 0 aliphatic rings. The summed E-state index contributed by atoms with van der Waals surface area (Å²) in [6, 6.07) is 19.5. The third kappa shape index (κ3) is 3.74. The van der Waals surface area contributed by atoms with E-state index in [-0.39, 0.29) is 11.5 Å². The lowest BCUT2D eigenvalue weighted by Crippen LogP contribution is -2.20. The molecule has 2 N–H and O–H groups in total. The highest BCUT2D eigenvalue weighted by Crippen LogP contribution is 2.32. The minimum absolute atomic E-state index is 0.0476. The van der Waals surface area contributed by atoms with E-state index >= 15 is 0 Å². The van der Waals surface area contributed by atoms with Crippen molar-refractivity contribution in [2.24, 2.45) is 5.73 Å². The van der Waals surface area contributed by atoms with E-state index < -0.39 is 0 Å². The van der Waals surface area contributed by atoms with Crippen molar-refractivity contribution in [3.63, 3.8) is 0 Å². The largest absolute Gasteiger partial charge is 0.323 e. The predicted octanol–water partition coefficient (Wildman–Crippen LogP) is 5.18. The van der Waals surface area contributed by atoms with E-state index in [1.54, 1.807) is 0 Å². The molecular formula is C20H27N. The van der Waals surface area contributed by atoms with E-state index in [4.69, 9.17) is 5.73 Å². The Balaban J connectivity index is 2.24. The summed E-state index contributed by atoms with van der Waals surface area (Å²) < 4.78 is 0. The van der Waals surface area contributed by atoms with Crippen LogP contribution in [0.1, 0.15) is 62.8 Å². The molecule has 2 rings (SSSR count). The van der Waals surface area contributed by atoms with Gasteiger partial charge in [0.1, 0.15) is 0 Å². The van der Waals surface area contributed by atoms with Gasteiger partial charge in [-0.1, -0.05) is 82.3 Å². The van der Waals surface area contributed by atoms with Gasteiger partial charge >= 0.3 is 0 Å².